The van der Waals surface area contributed by atoms with E-state index in [0.29, 0.717) is 0 Å². The Morgan fingerprint density at radius 2 is 2.11 bits per heavy atom. The molecule has 0 aliphatic heterocycles. The van der Waals surface area contributed by atoms with Gasteiger partial charge in [0.15, 0.2) is 5.03 Å². The summed E-state index contributed by atoms with van der Waals surface area (Å²) < 4.78 is 25.8. The van der Waals surface area contributed by atoms with Crippen molar-refractivity contribution in [1.82, 2.24) is 9.29 Å². The number of aliphatic hydroxyl groups is 1. The minimum atomic E-state index is -3.77. The maximum absolute atomic E-state index is 12.3. The van der Waals surface area contributed by atoms with E-state index in [9.17, 15) is 13.2 Å². The predicted molar refractivity (Wildman–Crippen MR) is 65.2 cm³/mol. The van der Waals surface area contributed by atoms with E-state index in [1.807, 2.05) is 0 Å². The monoisotopic (exact) mass is 286 g/mol. The van der Waals surface area contributed by atoms with Crippen LogP contribution in [0.15, 0.2) is 23.4 Å². The van der Waals surface area contributed by atoms with Gasteiger partial charge in [0, 0.05) is 18.8 Å². The van der Waals surface area contributed by atoms with Gasteiger partial charge in [-0.05, 0) is 25.0 Å². The van der Waals surface area contributed by atoms with Gasteiger partial charge in [0.1, 0.15) is 0 Å². The molecule has 0 radical (unpaired) electrons. The summed E-state index contributed by atoms with van der Waals surface area (Å²) in [7, 11) is -3.77. The average Bonchev–Trinajstić information content (AvgIpc) is 3.20. The second-order valence-corrected chi connectivity index (χ2v) is 6.10. The second kappa shape index (κ2) is 5.24. The number of hydrogen-bond acceptors (Lipinski definition) is 5. The Labute approximate surface area is 110 Å². The summed E-state index contributed by atoms with van der Waals surface area (Å²) in [6.07, 6.45) is 2.55. The van der Waals surface area contributed by atoms with Crippen molar-refractivity contribution in [2.24, 2.45) is 0 Å². The molecule has 19 heavy (non-hydrogen) atoms. The molecule has 0 unspecified atom stereocenters. The Morgan fingerprint density at radius 3 is 2.53 bits per heavy atom. The maximum atomic E-state index is 12.3. The van der Waals surface area contributed by atoms with Crippen LogP contribution in [0.1, 0.15) is 23.2 Å². The summed E-state index contributed by atoms with van der Waals surface area (Å²) in [6.45, 7) is -0.238. The SMILES string of the molecule is O=C(O)c1ccc(S(=O)(=O)N(CCO)C2CC2)nc1. The van der Waals surface area contributed by atoms with E-state index in [0.717, 1.165) is 19.0 Å². The summed E-state index contributed by atoms with van der Waals surface area (Å²) in [6, 6.07) is 2.29. The topological polar surface area (TPSA) is 108 Å². The van der Waals surface area contributed by atoms with Gasteiger partial charge in [0.25, 0.3) is 10.0 Å². The molecule has 2 rings (SSSR count). The summed E-state index contributed by atoms with van der Waals surface area (Å²) in [5, 5.41) is 17.5. The van der Waals surface area contributed by atoms with Crippen molar-refractivity contribution in [2.75, 3.05) is 13.2 Å². The number of carboxylic acids is 1. The number of nitrogens with zero attached hydrogens (tertiary/aromatic N) is 2. The van der Waals surface area contributed by atoms with Crippen LogP contribution in [0.2, 0.25) is 0 Å². The van der Waals surface area contributed by atoms with Gasteiger partial charge in [0.2, 0.25) is 0 Å². The first-order valence-electron chi connectivity index (χ1n) is 5.79. The molecule has 104 valence electrons. The Hall–Kier alpha value is -1.51. The zero-order valence-corrected chi connectivity index (χ0v) is 10.9. The highest BCUT2D eigenvalue weighted by Crippen LogP contribution is 2.31. The normalized spacial score (nSPS) is 15.7. The zero-order chi connectivity index (χ0) is 14.0. The van der Waals surface area contributed by atoms with Crippen LogP contribution in [0.4, 0.5) is 0 Å². The summed E-state index contributed by atoms with van der Waals surface area (Å²) in [4.78, 5) is 14.4. The van der Waals surface area contributed by atoms with Gasteiger partial charge in [0.05, 0.1) is 12.2 Å². The molecular weight excluding hydrogens is 272 g/mol. The average molecular weight is 286 g/mol. The Kier molecular flexibility index (Phi) is 3.83. The number of pyridine rings is 1. The molecule has 0 bridgehead atoms. The highest BCUT2D eigenvalue weighted by atomic mass is 32.2. The second-order valence-electron chi connectivity index (χ2n) is 4.26. The van der Waals surface area contributed by atoms with E-state index in [1.165, 1.54) is 16.4 Å². The predicted octanol–water partition coefficient (Wildman–Crippen LogP) is -0.0748. The number of carboxylic acid groups (broad SMARTS) is 1. The maximum Gasteiger partial charge on any atom is 0.337 e. The van der Waals surface area contributed by atoms with Crippen molar-refractivity contribution in [2.45, 2.75) is 23.9 Å². The fraction of sp³-hybridized carbons (Fsp3) is 0.455. The highest BCUT2D eigenvalue weighted by Gasteiger charge is 2.38. The number of aromatic nitrogens is 1. The summed E-state index contributed by atoms with van der Waals surface area (Å²) in [5.74, 6) is -1.16. The Bertz CT molecular complexity index is 565. The Morgan fingerprint density at radius 1 is 1.42 bits per heavy atom. The molecule has 1 aromatic rings. The number of rotatable bonds is 6. The lowest BCUT2D eigenvalue weighted by Crippen LogP contribution is -2.36. The zero-order valence-electron chi connectivity index (χ0n) is 10.1. The molecular formula is C11H14N2O5S. The van der Waals surface area contributed by atoms with E-state index < -0.39 is 16.0 Å². The first kappa shape index (κ1) is 13.9. The minimum Gasteiger partial charge on any atom is -0.478 e. The van der Waals surface area contributed by atoms with Gasteiger partial charge in [-0.3, -0.25) is 0 Å². The molecule has 0 aromatic carbocycles. The van der Waals surface area contributed by atoms with Crippen molar-refractivity contribution >= 4 is 16.0 Å². The van der Waals surface area contributed by atoms with Gasteiger partial charge >= 0.3 is 5.97 Å². The lowest BCUT2D eigenvalue weighted by Gasteiger charge is -2.20. The fourth-order valence-electron chi connectivity index (χ4n) is 1.74. The number of aliphatic hydroxyl groups excluding tert-OH is 1. The number of carbonyl (C=O) groups is 1. The smallest absolute Gasteiger partial charge is 0.337 e. The third-order valence-electron chi connectivity index (χ3n) is 2.83. The molecule has 1 aliphatic carbocycles. The van der Waals surface area contributed by atoms with E-state index in [4.69, 9.17) is 10.2 Å². The largest absolute Gasteiger partial charge is 0.478 e. The Balaban J connectivity index is 2.29. The molecule has 8 heteroatoms. The molecule has 1 aromatic heterocycles. The molecule has 7 nitrogen and oxygen atoms in total. The summed E-state index contributed by atoms with van der Waals surface area (Å²) in [5.41, 5.74) is -0.0703. The molecule has 0 saturated heterocycles. The first-order chi connectivity index (χ1) is 8.96. The van der Waals surface area contributed by atoms with Crippen LogP contribution in [0.25, 0.3) is 0 Å². The molecule has 1 fully saturated rings. The highest BCUT2D eigenvalue weighted by molar-refractivity contribution is 7.89. The molecule has 0 amide bonds. The first-order valence-corrected chi connectivity index (χ1v) is 7.23. The molecule has 1 aliphatic rings. The van der Waals surface area contributed by atoms with Gasteiger partial charge in [-0.25, -0.2) is 18.2 Å². The van der Waals surface area contributed by atoms with Crippen molar-refractivity contribution in [3.63, 3.8) is 0 Å². The van der Waals surface area contributed by atoms with Crippen molar-refractivity contribution in [3.05, 3.63) is 23.9 Å². The van der Waals surface area contributed by atoms with Crippen LogP contribution in [-0.4, -0.2) is 53.1 Å². The van der Waals surface area contributed by atoms with Crippen LogP contribution < -0.4 is 0 Å². The minimum absolute atomic E-state index is 0.0232. The van der Waals surface area contributed by atoms with E-state index >= 15 is 0 Å². The number of sulfonamides is 1. The molecule has 0 atom stereocenters. The van der Waals surface area contributed by atoms with Gasteiger partial charge in [-0.2, -0.15) is 4.31 Å². The van der Waals surface area contributed by atoms with Crippen molar-refractivity contribution in [1.29, 1.82) is 0 Å². The molecule has 1 heterocycles. The van der Waals surface area contributed by atoms with E-state index in [1.54, 1.807) is 0 Å². The van der Waals surface area contributed by atoms with Crippen LogP contribution in [0.3, 0.4) is 0 Å². The van der Waals surface area contributed by atoms with Gasteiger partial charge in [-0.15, -0.1) is 0 Å². The van der Waals surface area contributed by atoms with E-state index in [-0.39, 0.29) is 29.8 Å². The quantitative estimate of drug-likeness (QED) is 0.757. The molecule has 0 spiro atoms. The van der Waals surface area contributed by atoms with Crippen LogP contribution in [0, 0.1) is 0 Å². The lowest BCUT2D eigenvalue weighted by molar-refractivity contribution is 0.0696. The number of aromatic carboxylic acids is 1. The van der Waals surface area contributed by atoms with Crippen molar-refractivity contribution < 1.29 is 23.4 Å². The number of hydrogen-bond donors (Lipinski definition) is 2. The van der Waals surface area contributed by atoms with Crippen molar-refractivity contribution in [3.8, 4) is 0 Å². The third-order valence-corrected chi connectivity index (χ3v) is 4.70. The van der Waals surface area contributed by atoms with Crippen LogP contribution in [-0.2, 0) is 10.0 Å². The summed E-state index contributed by atoms with van der Waals surface area (Å²) >= 11 is 0. The van der Waals surface area contributed by atoms with E-state index in [2.05, 4.69) is 4.98 Å². The third kappa shape index (κ3) is 2.91. The van der Waals surface area contributed by atoms with Gasteiger partial charge in [-0.1, -0.05) is 0 Å². The lowest BCUT2D eigenvalue weighted by atomic mass is 10.3. The molecule has 1 saturated carbocycles. The molecule has 2 N–H and O–H groups in total. The van der Waals surface area contributed by atoms with Gasteiger partial charge < -0.3 is 10.2 Å². The van der Waals surface area contributed by atoms with Crippen LogP contribution >= 0.6 is 0 Å². The fourth-order valence-corrected chi connectivity index (χ4v) is 3.33. The van der Waals surface area contributed by atoms with Crippen LogP contribution in [0.5, 0.6) is 0 Å². The standard InChI is InChI=1S/C11H14N2O5S/c14-6-5-13(9-2-3-9)19(17,18)10-4-1-8(7-12-10)11(15)16/h1,4,7,9,14H,2-3,5-6H2,(H,15,16).